The van der Waals surface area contributed by atoms with Crippen molar-refractivity contribution in [2.75, 3.05) is 6.51 Å². The molecule has 2 rings (SSSR count). The van der Waals surface area contributed by atoms with Crippen molar-refractivity contribution < 1.29 is 14.0 Å². The van der Waals surface area contributed by atoms with Crippen LogP contribution in [0.4, 0.5) is 0 Å². The summed E-state index contributed by atoms with van der Waals surface area (Å²) in [6.45, 7) is 8.85. The van der Waals surface area contributed by atoms with Crippen molar-refractivity contribution in [1.82, 2.24) is 0 Å². The highest BCUT2D eigenvalue weighted by Gasteiger charge is 2.51. The quantitative estimate of drug-likeness (QED) is 0.692. The maximum Gasteiger partial charge on any atom is 0.485 e. The smallest absolute Gasteiger partial charge is 0.402 e. The molecule has 0 radical (unpaired) electrons. The Balaban J connectivity index is 1.80. The maximum absolute atomic E-state index is 5.88. The Morgan fingerprint density at radius 3 is 2.06 bits per heavy atom. The summed E-state index contributed by atoms with van der Waals surface area (Å²) in [5.74, 6) is 0. The zero-order chi connectivity index (χ0) is 11.8. The van der Waals surface area contributed by atoms with Crippen LogP contribution in [0.2, 0.25) is 0 Å². The molecule has 92 valence electrons. The van der Waals surface area contributed by atoms with Crippen molar-refractivity contribution in [2.45, 2.75) is 70.7 Å². The lowest BCUT2D eigenvalue weighted by atomic mass is 9.90. The zero-order valence-electron chi connectivity index (χ0n) is 10.9. The third-order valence-electron chi connectivity index (χ3n) is 4.07. The Morgan fingerprint density at radius 1 is 1.06 bits per heavy atom. The lowest BCUT2D eigenvalue weighted by Crippen LogP contribution is -2.41. The Kier molecular flexibility index (Phi) is 3.35. The first-order chi connectivity index (χ1) is 7.41. The molecule has 4 heteroatoms. The molecule has 0 N–H and O–H groups in total. The predicted molar refractivity (Wildman–Crippen MR) is 64.3 cm³/mol. The lowest BCUT2D eigenvalue weighted by Gasteiger charge is -2.32. The van der Waals surface area contributed by atoms with Gasteiger partial charge in [0.05, 0.1) is 23.8 Å². The summed E-state index contributed by atoms with van der Waals surface area (Å²) in [7, 11) is -0.203. The van der Waals surface area contributed by atoms with Gasteiger partial charge in [-0.05, 0) is 40.5 Å². The van der Waals surface area contributed by atoms with Gasteiger partial charge >= 0.3 is 7.12 Å². The van der Waals surface area contributed by atoms with E-state index in [0.717, 1.165) is 0 Å². The van der Waals surface area contributed by atoms with E-state index in [1.807, 2.05) is 0 Å². The fourth-order valence-electron chi connectivity index (χ4n) is 2.30. The molecule has 0 aromatic carbocycles. The van der Waals surface area contributed by atoms with E-state index in [4.69, 9.17) is 14.0 Å². The van der Waals surface area contributed by atoms with E-state index in [1.54, 1.807) is 0 Å². The highest BCUT2D eigenvalue weighted by atomic mass is 16.7. The standard InChI is InChI=1S/C12H23BO3/c1-11(2)12(3,4)16-13(15-11)9-14-10-7-5-6-8-10/h10H,5-9H2,1-4H3. The van der Waals surface area contributed by atoms with E-state index in [0.29, 0.717) is 12.6 Å². The van der Waals surface area contributed by atoms with Gasteiger partial charge in [0.25, 0.3) is 0 Å². The molecule has 0 aromatic rings. The van der Waals surface area contributed by atoms with Gasteiger partial charge in [-0.3, -0.25) is 0 Å². The number of ether oxygens (including phenoxy) is 1. The lowest BCUT2D eigenvalue weighted by molar-refractivity contribution is 0.00578. The maximum atomic E-state index is 5.88. The topological polar surface area (TPSA) is 27.7 Å². The van der Waals surface area contributed by atoms with E-state index in [-0.39, 0.29) is 18.3 Å². The third kappa shape index (κ3) is 2.44. The van der Waals surface area contributed by atoms with Crippen molar-refractivity contribution in [2.24, 2.45) is 0 Å². The van der Waals surface area contributed by atoms with Gasteiger partial charge in [0.15, 0.2) is 0 Å². The molecule has 0 spiro atoms. The van der Waals surface area contributed by atoms with Gasteiger partial charge in [0.2, 0.25) is 0 Å². The number of hydrogen-bond acceptors (Lipinski definition) is 3. The van der Waals surface area contributed by atoms with Gasteiger partial charge < -0.3 is 14.0 Å². The SMILES string of the molecule is CC1(C)OB(COC2CCCC2)OC1(C)C. The number of rotatable bonds is 3. The van der Waals surface area contributed by atoms with E-state index < -0.39 is 0 Å². The Bertz CT molecular complexity index is 231. The van der Waals surface area contributed by atoms with Gasteiger partial charge in [-0.15, -0.1) is 0 Å². The normalized spacial score (nSPS) is 28.9. The van der Waals surface area contributed by atoms with Crippen LogP contribution in [-0.2, 0) is 14.0 Å². The molecule has 0 amide bonds. The molecular formula is C12H23BO3. The summed E-state index contributed by atoms with van der Waals surface area (Å²) >= 11 is 0. The van der Waals surface area contributed by atoms with Crippen molar-refractivity contribution >= 4 is 7.12 Å². The van der Waals surface area contributed by atoms with Crippen LogP contribution in [0.25, 0.3) is 0 Å². The summed E-state index contributed by atoms with van der Waals surface area (Å²) in [5, 5.41) is 0. The van der Waals surface area contributed by atoms with Gasteiger partial charge in [-0.1, -0.05) is 12.8 Å². The van der Waals surface area contributed by atoms with Crippen LogP contribution in [0.3, 0.4) is 0 Å². The molecule has 0 atom stereocenters. The molecule has 1 saturated carbocycles. The largest absolute Gasteiger partial charge is 0.485 e. The van der Waals surface area contributed by atoms with Gasteiger partial charge in [-0.25, -0.2) is 0 Å². The first kappa shape index (κ1) is 12.4. The fourth-order valence-corrected chi connectivity index (χ4v) is 2.30. The highest BCUT2D eigenvalue weighted by molar-refractivity contribution is 6.45. The molecule has 2 aliphatic rings. The Hall–Kier alpha value is -0.0551. The molecule has 2 fully saturated rings. The first-order valence-electron chi connectivity index (χ1n) is 6.38. The first-order valence-corrected chi connectivity index (χ1v) is 6.38. The van der Waals surface area contributed by atoms with E-state index in [9.17, 15) is 0 Å². The second kappa shape index (κ2) is 4.32. The molecule has 1 aliphatic carbocycles. The van der Waals surface area contributed by atoms with E-state index >= 15 is 0 Å². The molecule has 16 heavy (non-hydrogen) atoms. The Labute approximate surface area is 99.0 Å². The molecular weight excluding hydrogens is 203 g/mol. The van der Waals surface area contributed by atoms with Crippen molar-refractivity contribution in [3.05, 3.63) is 0 Å². The molecule has 1 saturated heterocycles. The summed E-state index contributed by atoms with van der Waals surface area (Å²) in [4.78, 5) is 0. The predicted octanol–water partition coefficient (Wildman–Crippen LogP) is 2.58. The molecule has 0 unspecified atom stereocenters. The van der Waals surface area contributed by atoms with Crippen molar-refractivity contribution in [3.8, 4) is 0 Å². The van der Waals surface area contributed by atoms with Gasteiger partial charge in [-0.2, -0.15) is 0 Å². The third-order valence-corrected chi connectivity index (χ3v) is 4.07. The van der Waals surface area contributed by atoms with Crippen LogP contribution < -0.4 is 0 Å². The van der Waals surface area contributed by atoms with Crippen LogP contribution in [0.15, 0.2) is 0 Å². The van der Waals surface area contributed by atoms with Crippen LogP contribution in [0.5, 0.6) is 0 Å². The molecule has 1 heterocycles. The van der Waals surface area contributed by atoms with Gasteiger partial charge in [0.1, 0.15) is 0 Å². The summed E-state index contributed by atoms with van der Waals surface area (Å²) in [6.07, 6.45) is 5.42. The fraction of sp³-hybridized carbons (Fsp3) is 1.00. The van der Waals surface area contributed by atoms with E-state index in [1.165, 1.54) is 25.7 Å². The summed E-state index contributed by atoms with van der Waals surface area (Å²) in [5.41, 5.74) is -0.479. The molecule has 1 aliphatic heterocycles. The van der Waals surface area contributed by atoms with Crippen LogP contribution in [0.1, 0.15) is 53.4 Å². The summed E-state index contributed by atoms with van der Waals surface area (Å²) < 4.78 is 17.6. The second-order valence-electron chi connectivity index (χ2n) is 5.93. The van der Waals surface area contributed by atoms with Crippen LogP contribution in [-0.4, -0.2) is 30.9 Å². The average Bonchev–Trinajstić information content (AvgIpc) is 2.70. The minimum atomic E-state index is -0.239. The molecule has 0 aromatic heterocycles. The second-order valence-corrected chi connectivity index (χ2v) is 5.93. The van der Waals surface area contributed by atoms with E-state index in [2.05, 4.69) is 27.7 Å². The monoisotopic (exact) mass is 226 g/mol. The molecule has 0 bridgehead atoms. The highest BCUT2D eigenvalue weighted by Crippen LogP contribution is 2.36. The zero-order valence-corrected chi connectivity index (χ0v) is 10.9. The molecule has 3 nitrogen and oxygen atoms in total. The van der Waals surface area contributed by atoms with Crippen LogP contribution >= 0.6 is 0 Å². The minimum absolute atomic E-state index is 0.203. The van der Waals surface area contributed by atoms with Crippen molar-refractivity contribution in [1.29, 1.82) is 0 Å². The Morgan fingerprint density at radius 2 is 1.56 bits per heavy atom. The average molecular weight is 226 g/mol. The van der Waals surface area contributed by atoms with Gasteiger partial charge in [0, 0.05) is 0 Å². The number of hydrogen-bond donors (Lipinski definition) is 0. The summed E-state index contributed by atoms with van der Waals surface area (Å²) in [6, 6.07) is 0. The van der Waals surface area contributed by atoms with Crippen LogP contribution in [0, 0.1) is 0 Å². The minimum Gasteiger partial charge on any atom is -0.402 e. The van der Waals surface area contributed by atoms with Crippen molar-refractivity contribution in [3.63, 3.8) is 0 Å².